The Hall–Kier alpha value is -1.43. The molecule has 0 bridgehead atoms. The lowest BCUT2D eigenvalue weighted by Gasteiger charge is -2.18. The monoisotopic (exact) mass is 281 g/mol. The van der Waals surface area contributed by atoms with Gasteiger partial charge in [-0.3, -0.25) is 4.90 Å². The van der Waals surface area contributed by atoms with Crippen molar-refractivity contribution in [3.05, 3.63) is 28.8 Å². The van der Waals surface area contributed by atoms with Gasteiger partial charge in [-0.2, -0.15) is 13.2 Å². The molecule has 0 aliphatic carbocycles. The predicted molar refractivity (Wildman–Crippen MR) is 61.9 cm³/mol. The zero-order valence-electron chi connectivity index (χ0n) is 9.71. The van der Waals surface area contributed by atoms with Crippen molar-refractivity contribution in [2.24, 2.45) is 0 Å². The van der Waals surface area contributed by atoms with E-state index in [2.05, 4.69) is 4.74 Å². The standard InChI is InChI=1S/C11H11ClF3NO2/c1-3-18-10(17)16(2)7-4-5-9(12)8(6-7)11(13,14)15/h4-6H,3H2,1-2H3. The molecule has 0 heterocycles. The highest BCUT2D eigenvalue weighted by Gasteiger charge is 2.33. The first-order valence-corrected chi connectivity index (χ1v) is 5.42. The van der Waals surface area contributed by atoms with Gasteiger partial charge in [-0.1, -0.05) is 11.6 Å². The maximum absolute atomic E-state index is 12.6. The van der Waals surface area contributed by atoms with Gasteiger partial charge in [0.05, 0.1) is 17.2 Å². The summed E-state index contributed by atoms with van der Waals surface area (Å²) in [6, 6.07) is 3.21. The topological polar surface area (TPSA) is 29.5 Å². The van der Waals surface area contributed by atoms with Crippen LogP contribution in [-0.2, 0) is 10.9 Å². The first kappa shape index (κ1) is 14.6. The Morgan fingerprint density at radius 2 is 2.06 bits per heavy atom. The first-order chi connectivity index (χ1) is 8.27. The van der Waals surface area contributed by atoms with Gasteiger partial charge in [0.15, 0.2) is 0 Å². The third-order valence-corrected chi connectivity index (χ3v) is 2.51. The van der Waals surface area contributed by atoms with Crippen LogP contribution < -0.4 is 4.90 Å². The number of ether oxygens (including phenoxy) is 1. The molecule has 0 aliphatic rings. The number of anilines is 1. The number of halogens is 4. The fourth-order valence-corrected chi connectivity index (χ4v) is 1.49. The molecule has 0 saturated heterocycles. The Morgan fingerprint density at radius 1 is 1.44 bits per heavy atom. The summed E-state index contributed by atoms with van der Waals surface area (Å²) >= 11 is 5.47. The third-order valence-electron chi connectivity index (χ3n) is 2.18. The van der Waals surface area contributed by atoms with E-state index in [-0.39, 0.29) is 12.3 Å². The smallest absolute Gasteiger partial charge is 0.417 e. The number of carbonyl (C=O) groups excluding carboxylic acids is 1. The summed E-state index contributed by atoms with van der Waals surface area (Å²) in [5.41, 5.74) is -0.928. The summed E-state index contributed by atoms with van der Waals surface area (Å²) in [4.78, 5) is 12.4. The molecular formula is C11H11ClF3NO2. The average Bonchev–Trinajstić information content (AvgIpc) is 2.27. The normalized spacial score (nSPS) is 11.2. The molecule has 0 fully saturated rings. The van der Waals surface area contributed by atoms with Gasteiger partial charge in [-0.05, 0) is 25.1 Å². The number of rotatable bonds is 2. The fourth-order valence-electron chi connectivity index (χ4n) is 1.26. The Kier molecular flexibility index (Phi) is 4.45. The molecule has 0 N–H and O–H groups in total. The average molecular weight is 282 g/mol. The van der Waals surface area contributed by atoms with E-state index in [0.29, 0.717) is 0 Å². The minimum absolute atomic E-state index is 0.0603. The molecule has 1 amide bonds. The van der Waals surface area contributed by atoms with Crippen molar-refractivity contribution in [3.8, 4) is 0 Å². The van der Waals surface area contributed by atoms with Crippen LogP contribution >= 0.6 is 11.6 Å². The summed E-state index contributed by atoms with van der Waals surface area (Å²) in [5.74, 6) is 0. The minimum atomic E-state index is -4.57. The van der Waals surface area contributed by atoms with Crippen LogP contribution in [0.15, 0.2) is 18.2 Å². The van der Waals surface area contributed by atoms with E-state index < -0.39 is 22.9 Å². The van der Waals surface area contributed by atoms with Crippen molar-refractivity contribution in [1.82, 2.24) is 0 Å². The number of amides is 1. The predicted octanol–water partition coefficient (Wildman–Crippen LogP) is 3.95. The number of carbonyl (C=O) groups is 1. The Bertz CT molecular complexity index is 448. The summed E-state index contributed by atoms with van der Waals surface area (Å²) in [5, 5.41) is -0.413. The summed E-state index contributed by atoms with van der Waals surface area (Å²) in [6.07, 6.45) is -5.30. The first-order valence-electron chi connectivity index (χ1n) is 5.04. The van der Waals surface area contributed by atoms with Crippen LogP contribution in [-0.4, -0.2) is 19.7 Å². The molecule has 3 nitrogen and oxygen atoms in total. The molecule has 0 saturated carbocycles. The van der Waals surface area contributed by atoms with Crippen molar-refractivity contribution >= 4 is 23.4 Å². The molecule has 1 rings (SSSR count). The number of hydrogen-bond donors (Lipinski definition) is 0. The van der Waals surface area contributed by atoms with Gasteiger partial charge in [0.25, 0.3) is 0 Å². The molecule has 7 heteroatoms. The van der Waals surface area contributed by atoms with Gasteiger partial charge in [-0.15, -0.1) is 0 Å². The van der Waals surface area contributed by atoms with Gasteiger partial charge in [0.1, 0.15) is 0 Å². The van der Waals surface area contributed by atoms with Crippen LogP contribution in [0, 0.1) is 0 Å². The van der Waals surface area contributed by atoms with Crippen molar-refractivity contribution in [2.75, 3.05) is 18.6 Å². The second kappa shape index (κ2) is 5.48. The molecule has 0 aromatic heterocycles. The van der Waals surface area contributed by atoms with E-state index in [1.54, 1.807) is 6.92 Å². The van der Waals surface area contributed by atoms with Gasteiger partial charge in [0, 0.05) is 12.7 Å². The van der Waals surface area contributed by atoms with Crippen molar-refractivity contribution < 1.29 is 22.7 Å². The number of hydrogen-bond acceptors (Lipinski definition) is 2. The maximum atomic E-state index is 12.6. The van der Waals surface area contributed by atoms with E-state index in [0.717, 1.165) is 17.0 Å². The summed E-state index contributed by atoms with van der Waals surface area (Å²) < 4.78 is 42.6. The minimum Gasteiger partial charge on any atom is -0.449 e. The van der Waals surface area contributed by atoms with Gasteiger partial charge in [-0.25, -0.2) is 4.79 Å². The highest BCUT2D eigenvalue weighted by molar-refractivity contribution is 6.31. The van der Waals surface area contributed by atoms with E-state index in [1.165, 1.54) is 13.1 Å². The van der Waals surface area contributed by atoms with Crippen LogP contribution in [0.25, 0.3) is 0 Å². The molecule has 1 aromatic carbocycles. The second-order valence-electron chi connectivity index (χ2n) is 3.42. The molecule has 0 spiro atoms. The van der Waals surface area contributed by atoms with Crippen molar-refractivity contribution in [1.29, 1.82) is 0 Å². The number of alkyl halides is 3. The lowest BCUT2D eigenvalue weighted by Crippen LogP contribution is -2.27. The molecule has 0 unspecified atom stereocenters. The molecule has 18 heavy (non-hydrogen) atoms. The van der Waals surface area contributed by atoms with E-state index in [4.69, 9.17) is 11.6 Å². The molecule has 0 radical (unpaired) electrons. The lowest BCUT2D eigenvalue weighted by molar-refractivity contribution is -0.137. The molecule has 0 aliphatic heterocycles. The fraction of sp³-hybridized carbons (Fsp3) is 0.364. The van der Waals surface area contributed by atoms with Gasteiger partial charge < -0.3 is 4.74 Å². The second-order valence-corrected chi connectivity index (χ2v) is 3.83. The molecule has 0 atom stereocenters. The molecular weight excluding hydrogens is 271 g/mol. The van der Waals surface area contributed by atoms with E-state index >= 15 is 0 Å². The highest BCUT2D eigenvalue weighted by atomic mass is 35.5. The van der Waals surface area contributed by atoms with E-state index in [9.17, 15) is 18.0 Å². The summed E-state index contributed by atoms with van der Waals surface area (Å²) in [7, 11) is 1.32. The lowest BCUT2D eigenvalue weighted by atomic mass is 10.2. The quantitative estimate of drug-likeness (QED) is 0.821. The van der Waals surface area contributed by atoms with Crippen LogP contribution in [0.4, 0.5) is 23.7 Å². The Labute approximate surface area is 107 Å². The van der Waals surface area contributed by atoms with Crippen LogP contribution in [0.3, 0.4) is 0 Å². The third kappa shape index (κ3) is 3.29. The van der Waals surface area contributed by atoms with Crippen molar-refractivity contribution in [2.45, 2.75) is 13.1 Å². The molecule has 100 valence electrons. The number of nitrogens with zero attached hydrogens (tertiary/aromatic N) is 1. The van der Waals surface area contributed by atoms with Crippen molar-refractivity contribution in [3.63, 3.8) is 0 Å². The van der Waals surface area contributed by atoms with E-state index in [1.807, 2.05) is 0 Å². The summed E-state index contributed by atoms with van der Waals surface area (Å²) in [6.45, 7) is 1.75. The molecule has 1 aromatic rings. The SMILES string of the molecule is CCOC(=O)N(C)c1ccc(Cl)c(C(F)(F)F)c1. The van der Waals surface area contributed by atoms with Gasteiger partial charge >= 0.3 is 12.3 Å². The van der Waals surface area contributed by atoms with Crippen LogP contribution in [0.5, 0.6) is 0 Å². The zero-order chi connectivity index (χ0) is 13.9. The maximum Gasteiger partial charge on any atom is 0.417 e. The Balaban J connectivity index is 3.09. The number of benzene rings is 1. The largest absolute Gasteiger partial charge is 0.449 e. The zero-order valence-corrected chi connectivity index (χ0v) is 10.5. The van der Waals surface area contributed by atoms with Crippen LogP contribution in [0.1, 0.15) is 12.5 Å². The highest BCUT2D eigenvalue weighted by Crippen LogP contribution is 2.36. The Morgan fingerprint density at radius 3 is 2.56 bits per heavy atom. The van der Waals surface area contributed by atoms with Crippen LogP contribution in [0.2, 0.25) is 5.02 Å². The van der Waals surface area contributed by atoms with Gasteiger partial charge in [0.2, 0.25) is 0 Å².